The first-order chi connectivity index (χ1) is 24.7. The third kappa shape index (κ3) is 9.81. The van der Waals surface area contributed by atoms with E-state index >= 15 is 0 Å². The highest BCUT2D eigenvalue weighted by atomic mass is 32.2. The fraction of sp³-hybridized carbons (Fsp3) is 0.395. The molecule has 6 rings (SSSR count). The van der Waals surface area contributed by atoms with Crippen LogP contribution in [0.4, 0.5) is 10.2 Å². The van der Waals surface area contributed by atoms with E-state index in [1.807, 2.05) is 60.7 Å². The molecule has 2 aliphatic carbocycles. The van der Waals surface area contributed by atoms with E-state index in [-0.39, 0.29) is 42.3 Å². The van der Waals surface area contributed by atoms with Gasteiger partial charge in [0.25, 0.3) is 15.9 Å². The molecule has 0 aliphatic heterocycles. The maximum absolute atomic E-state index is 14.5. The fourth-order valence-electron chi connectivity index (χ4n) is 6.73. The van der Waals surface area contributed by atoms with Crippen molar-refractivity contribution in [1.29, 1.82) is 0 Å². The number of amides is 2. The van der Waals surface area contributed by atoms with E-state index in [1.54, 1.807) is 0 Å². The molecule has 51 heavy (non-hydrogen) atoms. The number of hydrogen-bond donors (Lipinski definition) is 3. The molecule has 0 bridgehead atoms. The van der Waals surface area contributed by atoms with Crippen LogP contribution in [0.3, 0.4) is 0 Å². The molecule has 3 aromatic carbocycles. The van der Waals surface area contributed by atoms with Crippen molar-refractivity contribution in [2.24, 2.45) is 0 Å². The molecule has 4 atom stereocenters. The van der Waals surface area contributed by atoms with Gasteiger partial charge in [-0.05, 0) is 48.9 Å². The summed E-state index contributed by atoms with van der Waals surface area (Å²) in [5.74, 6) is -2.10. The van der Waals surface area contributed by atoms with Crippen molar-refractivity contribution in [2.75, 3.05) is 4.72 Å². The second-order valence-electron chi connectivity index (χ2n) is 13.1. The lowest BCUT2D eigenvalue weighted by Crippen LogP contribution is -2.48. The van der Waals surface area contributed by atoms with Gasteiger partial charge in [-0.1, -0.05) is 98.5 Å². The number of carbonyl (C=O) groups excluding carboxylic acids is 2. The molecule has 0 unspecified atom stereocenters. The van der Waals surface area contributed by atoms with Gasteiger partial charge < -0.3 is 20.1 Å². The number of sulfonamides is 1. The van der Waals surface area contributed by atoms with Crippen LogP contribution in [0.1, 0.15) is 73.0 Å². The zero-order valence-electron chi connectivity index (χ0n) is 28.4. The summed E-state index contributed by atoms with van der Waals surface area (Å²) in [6.07, 6.45) is 6.35. The Balaban J connectivity index is 1.18. The first-order valence-electron chi connectivity index (χ1n) is 17.5. The van der Waals surface area contributed by atoms with Gasteiger partial charge >= 0.3 is 0 Å². The number of anilines is 1. The second-order valence-corrected chi connectivity index (χ2v) is 14.8. The summed E-state index contributed by atoms with van der Waals surface area (Å²) in [5.41, 5.74) is 2.04. The SMILES string of the molecule is O=C(Cn1nc(NS(=O)(=O)c2ccccc2F)cc1C(=O)N[C@H]1CCCC[C@@H]1OCc1ccccc1)N[C@H]1CCCC[C@@H]1OCc1ccccc1. The predicted molar refractivity (Wildman–Crippen MR) is 190 cm³/mol. The highest BCUT2D eigenvalue weighted by Gasteiger charge is 2.31. The van der Waals surface area contributed by atoms with E-state index in [1.165, 1.54) is 22.9 Å². The predicted octanol–water partition coefficient (Wildman–Crippen LogP) is 5.73. The zero-order chi connectivity index (χ0) is 35.6. The van der Waals surface area contributed by atoms with Gasteiger partial charge in [-0.15, -0.1) is 0 Å². The number of ether oxygens (including phenoxy) is 2. The average Bonchev–Trinajstić information content (AvgIpc) is 3.52. The highest BCUT2D eigenvalue weighted by Crippen LogP contribution is 2.25. The molecule has 0 radical (unpaired) electrons. The molecule has 0 saturated heterocycles. The van der Waals surface area contributed by atoms with Gasteiger partial charge in [0.1, 0.15) is 23.0 Å². The van der Waals surface area contributed by atoms with Crippen molar-refractivity contribution in [3.63, 3.8) is 0 Å². The van der Waals surface area contributed by atoms with Crippen molar-refractivity contribution in [3.8, 4) is 0 Å². The van der Waals surface area contributed by atoms with E-state index in [4.69, 9.17) is 9.47 Å². The van der Waals surface area contributed by atoms with Gasteiger partial charge in [0.15, 0.2) is 5.82 Å². The van der Waals surface area contributed by atoms with Gasteiger partial charge in [-0.25, -0.2) is 17.5 Å². The van der Waals surface area contributed by atoms with Crippen LogP contribution in [-0.2, 0) is 44.1 Å². The van der Waals surface area contributed by atoms with Crippen molar-refractivity contribution in [3.05, 3.63) is 114 Å². The van der Waals surface area contributed by atoms with Crippen LogP contribution in [0.5, 0.6) is 0 Å². The number of nitrogens with one attached hydrogen (secondary N) is 3. The van der Waals surface area contributed by atoms with Crippen LogP contribution in [0.15, 0.2) is 95.9 Å². The lowest BCUT2D eigenvalue weighted by molar-refractivity contribution is -0.124. The lowest BCUT2D eigenvalue weighted by atomic mass is 9.92. The Kier molecular flexibility index (Phi) is 12.1. The Morgan fingerprint density at radius 1 is 0.745 bits per heavy atom. The van der Waals surface area contributed by atoms with Crippen molar-refractivity contribution < 1.29 is 31.9 Å². The Hall–Kier alpha value is -4.59. The van der Waals surface area contributed by atoms with Crippen molar-refractivity contribution in [2.45, 2.75) is 100 Å². The smallest absolute Gasteiger partial charge is 0.269 e. The molecular weight excluding hydrogens is 674 g/mol. The summed E-state index contributed by atoms with van der Waals surface area (Å²) in [6.45, 7) is 0.462. The summed E-state index contributed by atoms with van der Waals surface area (Å²) in [6, 6.07) is 25.3. The fourth-order valence-corrected chi connectivity index (χ4v) is 7.80. The van der Waals surface area contributed by atoms with E-state index < -0.39 is 32.6 Å². The third-order valence-corrected chi connectivity index (χ3v) is 10.7. The first-order valence-corrected chi connectivity index (χ1v) is 19.0. The van der Waals surface area contributed by atoms with E-state index in [0.717, 1.165) is 68.2 Å². The van der Waals surface area contributed by atoms with Crippen LogP contribution < -0.4 is 15.4 Å². The minimum atomic E-state index is -4.40. The molecule has 1 heterocycles. The number of rotatable bonds is 14. The van der Waals surface area contributed by atoms with Gasteiger partial charge in [0, 0.05) is 6.07 Å². The first kappa shape index (κ1) is 36.2. The molecule has 2 fully saturated rings. The number of carbonyl (C=O) groups is 2. The second kappa shape index (κ2) is 17.1. The van der Waals surface area contributed by atoms with Gasteiger partial charge in [0.2, 0.25) is 5.91 Å². The third-order valence-electron chi connectivity index (χ3n) is 9.35. The molecular formula is C38H44FN5O6S. The Morgan fingerprint density at radius 2 is 1.27 bits per heavy atom. The van der Waals surface area contributed by atoms with Crippen LogP contribution in [0, 0.1) is 5.82 Å². The normalized spacial score (nSPS) is 20.7. The molecule has 0 spiro atoms. The van der Waals surface area contributed by atoms with Crippen LogP contribution >= 0.6 is 0 Å². The van der Waals surface area contributed by atoms with Gasteiger partial charge in [-0.2, -0.15) is 5.10 Å². The topological polar surface area (TPSA) is 141 Å². The molecule has 2 saturated carbocycles. The number of hydrogen-bond acceptors (Lipinski definition) is 7. The van der Waals surface area contributed by atoms with E-state index in [2.05, 4.69) is 20.5 Å². The number of nitrogens with zero attached hydrogens (tertiary/aromatic N) is 2. The molecule has 2 aliphatic rings. The lowest BCUT2D eigenvalue weighted by Gasteiger charge is -2.32. The summed E-state index contributed by atoms with van der Waals surface area (Å²) < 4.78 is 56.7. The van der Waals surface area contributed by atoms with Crippen molar-refractivity contribution in [1.82, 2.24) is 20.4 Å². The molecule has 11 nitrogen and oxygen atoms in total. The number of aromatic nitrogens is 2. The van der Waals surface area contributed by atoms with Gasteiger partial charge in [-0.3, -0.25) is 14.3 Å². The van der Waals surface area contributed by atoms with E-state index in [9.17, 15) is 22.4 Å². The Bertz CT molecular complexity index is 1870. The van der Waals surface area contributed by atoms with Crippen LogP contribution in [0.25, 0.3) is 0 Å². The summed E-state index contributed by atoms with van der Waals surface area (Å²) in [4.78, 5) is 26.8. The zero-order valence-corrected chi connectivity index (χ0v) is 29.2. The largest absolute Gasteiger partial charge is 0.371 e. The molecule has 4 aromatic rings. The molecule has 3 N–H and O–H groups in total. The monoisotopic (exact) mass is 717 g/mol. The van der Waals surface area contributed by atoms with Crippen LogP contribution in [-0.4, -0.2) is 54.3 Å². The Labute approximate surface area is 298 Å². The van der Waals surface area contributed by atoms with Gasteiger partial charge in [0.05, 0.1) is 37.5 Å². The summed E-state index contributed by atoms with van der Waals surface area (Å²) in [5, 5.41) is 10.4. The van der Waals surface area contributed by atoms with Crippen LogP contribution in [0.2, 0.25) is 0 Å². The summed E-state index contributed by atoms with van der Waals surface area (Å²) >= 11 is 0. The molecule has 1 aromatic heterocycles. The molecule has 270 valence electrons. The standard InChI is InChI=1S/C38H44FN5O6S/c39-29-17-7-12-22-35(29)51(47,48)43-36-23-32(38(46)41-31-19-9-11-21-34(31)50-26-28-15-5-2-6-16-28)44(42-36)24-37(45)40-30-18-8-10-20-33(30)49-25-27-13-3-1-4-14-27/h1-7,12-17,22-23,30-31,33-34H,8-11,18-21,24-26H2,(H,40,45)(H,41,46)(H,42,43)/t30-,31-,33-,34-/m0/s1. The molecule has 13 heteroatoms. The van der Waals surface area contributed by atoms with Crippen molar-refractivity contribution >= 4 is 27.7 Å². The average molecular weight is 718 g/mol. The maximum atomic E-state index is 14.5. The maximum Gasteiger partial charge on any atom is 0.269 e. The minimum absolute atomic E-state index is 0.0238. The quantitative estimate of drug-likeness (QED) is 0.152. The minimum Gasteiger partial charge on any atom is -0.371 e. The van der Waals surface area contributed by atoms with E-state index in [0.29, 0.717) is 19.6 Å². The Morgan fingerprint density at radius 3 is 1.86 bits per heavy atom. The number of halogens is 1. The summed E-state index contributed by atoms with van der Waals surface area (Å²) in [7, 11) is -4.40. The molecule has 2 amide bonds. The highest BCUT2D eigenvalue weighted by molar-refractivity contribution is 7.92. The number of benzene rings is 3.